The van der Waals surface area contributed by atoms with Crippen LogP contribution in [0.1, 0.15) is 12.8 Å². The van der Waals surface area contributed by atoms with Crippen molar-refractivity contribution in [3.05, 3.63) is 0 Å². The number of nitrogens with two attached hydrogens (primary N) is 2. The molecule has 0 rings (SSSR count). The molecule has 0 aromatic carbocycles. The molecule has 0 bridgehead atoms. The summed E-state index contributed by atoms with van der Waals surface area (Å²) >= 11 is 0. The summed E-state index contributed by atoms with van der Waals surface area (Å²) in [5.41, 5.74) is 11.1. The molecule has 0 aromatic heterocycles. The fourth-order valence-electron chi connectivity index (χ4n) is 2.34. The van der Waals surface area contributed by atoms with Crippen molar-refractivity contribution in [1.82, 2.24) is 0 Å². The van der Waals surface area contributed by atoms with E-state index in [1.54, 1.807) is 0 Å². The van der Waals surface area contributed by atoms with Crippen molar-refractivity contribution in [3.63, 3.8) is 0 Å². The summed E-state index contributed by atoms with van der Waals surface area (Å²) in [5.74, 6) is 0. The minimum absolute atomic E-state index is 0.128. The van der Waals surface area contributed by atoms with Crippen LogP contribution in [0.4, 0.5) is 0 Å². The standard InChI is InChI=1S/C10H28N2OSi2.C4H14OSi2/c1-14(2,9-5-7-11)13-15(3,4)10-6-8-12;1-6-5-7(2,3)4/h5-12H2,1-4H3;6H2,1-4H3. The van der Waals surface area contributed by atoms with E-state index in [1.165, 1.54) is 12.1 Å². The molecular formula is C14H42N2O2Si4. The molecule has 0 heterocycles. The van der Waals surface area contributed by atoms with Crippen molar-refractivity contribution < 1.29 is 8.23 Å². The lowest BCUT2D eigenvalue weighted by atomic mass is 10.5. The Morgan fingerprint density at radius 2 is 1.14 bits per heavy atom. The van der Waals surface area contributed by atoms with Crippen LogP contribution in [0, 0.1) is 0 Å². The Hall–Kier alpha value is 0.708. The van der Waals surface area contributed by atoms with Gasteiger partial charge in [-0.25, -0.2) is 0 Å². The third-order valence-electron chi connectivity index (χ3n) is 3.10. The van der Waals surface area contributed by atoms with Gasteiger partial charge in [0, 0.05) is 0 Å². The molecule has 4 nitrogen and oxygen atoms in total. The van der Waals surface area contributed by atoms with E-state index in [2.05, 4.69) is 52.4 Å². The summed E-state index contributed by atoms with van der Waals surface area (Å²) in [6.07, 6.45) is 2.20. The largest absolute Gasteiger partial charge is 0.461 e. The molecular weight excluding hydrogens is 341 g/mol. The maximum absolute atomic E-state index is 6.40. The zero-order valence-electron chi connectivity index (χ0n) is 16.4. The number of hydrogen-bond acceptors (Lipinski definition) is 4. The predicted molar refractivity (Wildman–Crippen MR) is 112 cm³/mol. The van der Waals surface area contributed by atoms with Crippen LogP contribution in [-0.4, -0.2) is 47.8 Å². The molecule has 0 saturated heterocycles. The van der Waals surface area contributed by atoms with Crippen molar-refractivity contribution in [2.75, 3.05) is 13.1 Å². The highest BCUT2D eigenvalue weighted by Crippen LogP contribution is 2.23. The van der Waals surface area contributed by atoms with Crippen molar-refractivity contribution >= 4 is 34.7 Å². The van der Waals surface area contributed by atoms with Gasteiger partial charge in [-0.2, -0.15) is 0 Å². The van der Waals surface area contributed by atoms with Gasteiger partial charge in [0.05, 0.1) is 0 Å². The molecule has 0 aliphatic heterocycles. The minimum atomic E-state index is -1.47. The summed E-state index contributed by atoms with van der Waals surface area (Å²) in [5, 5.41) is 0. The van der Waals surface area contributed by atoms with Gasteiger partial charge in [0.1, 0.15) is 9.76 Å². The van der Waals surface area contributed by atoms with Crippen molar-refractivity contribution in [2.45, 2.75) is 77.3 Å². The van der Waals surface area contributed by atoms with Gasteiger partial charge >= 0.3 is 0 Å². The summed E-state index contributed by atoms with van der Waals surface area (Å²) in [4.78, 5) is 0. The molecule has 0 saturated carbocycles. The lowest BCUT2D eigenvalue weighted by Crippen LogP contribution is -2.44. The van der Waals surface area contributed by atoms with Gasteiger partial charge in [-0.3, -0.25) is 0 Å². The second kappa shape index (κ2) is 12.1. The first kappa shape index (κ1) is 25.0. The van der Waals surface area contributed by atoms with Gasteiger partial charge in [0.2, 0.25) is 0 Å². The average molecular weight is 383 g/mol. The molecule has 0 spiro atoms. The van der Waals surface area contributed by atoms with Crippen LogP contribution in [0.15, 0.2) is 0 Å². The Balaban J connectivity index is 0. The first-order valence-corrected chi connectivity index (χ1v) is 20.3. The van der Waals surface area contributed by atoms with E-state index in [9.17, 15) is 0 Å². The fourth-order valence-corrected chi connectivity index (χ4v) is 14.7. The fraction of sp³-hybridized carbons (Fsp3) is 1.00. The summed E-state index contributed by atoms with van der Waals surface area (Å²) < 4.78 is 11.9. The molecule has 0 fully saturated rings. The van der Waals surface area contributed by atoms with Crippen LogP contribution in [0.3, 0.4) is 0 Å². The van der Waals surface area contributed by atoms with Crippen LogP contribution in [0.2, 0.25) is 64.5 Å². The Labute approximate surface area is 145 Å². The Bertz CT molecular complexity index is 254. The molecule has 0 radical (unpaired) electrons. The molecule has 0 aromatic rings. The zero-order valence-corrected chi connectivity index (χ0v) is 20.8. The first-order valence-electron chi connectivity index (χ1n) is 8.63. The maximum Gasteiger partial charge on any atom is 0.173 e. The molecule has 0 atom stereocenters. The van der Waals surface area contributed by atoms with E-state index in [0.717, 1.165) is 25.9 Å². The van der Waals surface area contributed by atoms with Gasteiger partial charge in [0.15, 0.2) is 25.0 Å². The van der Waals surface area contributed by atoms with Crippen LogP contribution in [0.5, 0.6) is 0 Å². The second-order valence-electron chi connectivity index (χ2n) is 7.95. The monoisotopic (exact) mass is 382 g/mol. The average Bonchev–Trinajstić information content (AvgIpc) is 2.32. The summed E-state index contributed by atoms with van der Waals surface area (Å²) in [7, 11) is -4.16. The Kier molecular flexibility index (Phi) is 13.8. The third kappa shape index (κ3) is 18.8. The smallest absolute Gasteiger partial charge is 0.173 e. The molecule has 4 N–H and O–H groups in total. The third-order valence-corrected chi connectivity index (χ3v) is 15.3. The normalized spacial score (nSPS) is 13.4. The first-order chi connectivity index (χ1) is 9.89. The minimum Gasteiger partial charge on any atom is -0.461 e. The maximum atomic E-state index is 6.40. The highest BCUT2D eigenvalue weighted by molar-refractivity contribution is 6.84. The Morgan fingerprint density at radius 3 is 1.32 bits per heavy atom. The topological polar surface area (TPSA) is 70.5 Å². The highest BCUT2D eigenvalue weighted by Gasteiger charge is 2.31. The molecule has 0 unspecified atom stereocenters. The van der Waals surface area contributed by atoms with Gasteiger partial charge in [0.25, 0.3) is 0 Å². The summed E-state index contributed by atoms with van der Waals surface area (Å²) in [6.45, 7) is 19.6. The molecule has 0 aliphatic carbocycles. The predicted octanol–water partition coefficient (Wildman–Crippen LogP) is 3.08. The van der Waals surface area contributed by atoms with Gasteiger partial charge in [-0.15, -0.1) is 0 Å². The van der Waals surface area contributed by atoms with Crippen molar-refractivity contribution in [2.24, 2.45) is 11.5 Å². The van der Waals surface area contributed by atoms with Crippen molar-refractivity contribution in [3.8, 4) is 0 Å². The molecule has 136 valence electrons. The van der Waals surface area contributed by atoms with E-state index in [4.69, 9.17) is 19.7 Å². The Morgan fingerprint density at radius 1 is 0.773 bits per heavy atom. The highest BCUT2D eigenvalue weighted by atomic mass is 28.4. The van der Waals surface area contributed by atoms with E-state index in [1.807, 2.05) is 0 Å². The summed E-state index contributed by atoms with van der Waals surface area (Å²) in [6, 6.07) is 2.37. The lowest BCUT2D eigenvalue weighted by molar-refractivity contribution is 0.531. The number of hydrogen-bond donors (Lipinski definition) is 2. The second-order valence-corrected chi connectivity index (χ2v) is 22.8. The van der Waals surface area contributed by atoms with E-state index in [0.29, 0.717) is 0 Å². The molecule has 0 amide bonds. The lowest BCUT2D eigenvalue weighted by Gasteiger charge is -2.34. The van der Waals surface area contributed by atoms with Crippen molar-refractivity contribution in [1.29, 1.82) is 0 Å². The van der Waals surface area contributed by atoms with Gasteiger partial charge in [-0.05, 0) is 83.8 Å². The van der Waals surface area contributed by atoms with Crippen LogP contribution in [-0.2, 0) is 8.23 Å². The quantitative estimate of drug-likeness (QED) is 0.570. The van der Waals surface area contributed by atoms with E-state index >= 15 is 0 Å². The van der Waals surface area contributed by atoms with Gasteiger partial charge < -0.3 is 19.7 Å². The van der Waals surface area contributed by atoms with Crippen LogP contribution >= 0.6 is 0 Å². The molecule has 8 heteroatoms. The molecule has 0 aliphatic rings. The van der Waals surface area contributed by atoms with E-state index in [-0.39, 0.29) is 9.76 Å². The number of rotatable bonds is 10. The van der Waals surface area contributed by atoms with E-state index < -0.39 is 25.0 Å². The van der Waals surface area contributed by atoms with Crippen LogP contribution < -0.4 is 11.5 Å². The van der Waals surface area contributed by atoms with Gasteiger partial charge in [-0.1, -0.05) is 6.55 Å². The molecule has 22 heavy (non-hydrogen) atoms. The SMILES string of the molecule is C[SiH2]O[Si](C)(C)C.C[Si](C)(CCCN)O[Si](C)(C)CCCN. The van der Waals surface area contributed by atoms with Crippen LogP contribution in [0.25, 0.3) is 0 Å². The zero-order chi connectivity index (χ0) is 17.9.